The van der Waals surface area contributed by atoms with Gasteiger partial charge >= 0.3 is 0 Å². The van der Waals surface area contributed by atoms with Crippen LogP contribution >= 0.6 is 11.6 Å². The maximum atomic E-state index is 13.6. The molecule has 0 aliphatic carbocycles. The van der Waals surface area contributed by atoms with Gasteiger partial charge in [0, 0.05) is 22.5 Å². The van der Waals surface area contributed by atoms with Gasteiger partial charge in [0.1, 0.15) is 5.76 Å². The quantitative estimate of drug-likeness (QED) is 0.755. The zero-order valence-electron chi connectivity index (χ0n) is 9.99. The Bertz CT molecular complexity index is 751. The van der Waals surface area contributed by atoms with Crippen molar-refractivity contribution in [1.29, 1.82) is 0 Å². The fraction of sp³-hybridized carbons (Fsp3) is 0.0667. The van der Waals surface area contributed by atoms with Gasteiger partial charge in [0.15, 0.2) is 11.4 Å². The van der Waals surface area contributed by atoms with E-state index in [-0.39, 0.29) is 11.4 Å². The Balaban J connectivity index is 2.22. The molecule has 3 rings (SSSR count). The van der Waals surface area contributed by atoms with Crippen LogP contribution in [0.2, 0.25) is 5.02 Å². The average molecular weight is 276 g/mol. The number of rotatable bonds is 2. The molecule has 1 heterocycles. The lowest BCUT2D eigenvalue weighted by atomic mass is 10.1. The van der Waals surface area contributed by atoms with Crippen molar-refractivity contribution in [1.82, 2.24) is 0 Å². The topological polar surface area (TPSA) is 39.2 Å². The van der Waals surface area contributed by atoms with Crippen LogP contribution in [0.15, 0.2) is 46.9 Å². The summed E-state index contributed by atoms with van der Waals surface area (Å²) < 4.78 is 19.2. The molecular formula is C15H11ClFNO. The highest BCUT2D eigenvalue weighted by molar-refractivity contribution is 6.30. The van der Waals surface area contributed by atoms with E-state index in [0.29, 0.717) is 17.3 Å². The number of halogens is 2. The Morgan fingerprint density at radius 3 is 2.74 bits per heavy atom. The molecule has 0 fully saturated rings. The normalized spacial score (nSPS) is 11.1. The first kappa shape index (κ1) is 12.2. The second kappa shape index (κ2) is 4.68. The third kappa shape index (κ3) is 2.11. The summed E-state index contributed by atoms with van der Waals surface area (Å²) in [6.45, 7) is 0.343. The fourth-order valence-corrected chi connectivity index (χ4v) is 2.33. The van der Waals surface area contributed by atoms with Gasteiger partial charge in [-0.25, -0.2) is 4.39 Å². The highest BCUT2D eigenvalue weighted by atomic mass is 35.5. The molecule has 0 aliphatic rings. The van der Waals surface area contributed by atoms with Crippen molar-refractivity contribution in [2.24, 2.45) is 5.73 Å². The molecular weight excluding hydrogens is 265 g/mol. The zero-order chi connectivity index (χ0) is 13.4. The zero-order valence-corrected chi connectivity index (χ0v) is 10.7. The van der Waals surface area contributed by atoms with Gasteiger partial charge in [-0.1, -0.05) is 23.7 Å². The largest absolute Gasteiger partial charge is 0.453 e. The van der Waals surface area contributed by atoms with Crippen LogP contribution in [0.1, 0.15) is 5.56 Å². The van der Waals surface area contributed by atoms with Crippen LogP contribution in [0.5, 0.6) is 0 Å². The lowest BCUT2D eigenvalue weighted by Crippen LogP contribution is -1.98. The summed E-state index contributed by atoms with van der Waals surface area (Å²) in [7, 11) is 0. The molecule has 0 saturated heterocycles. The van der Waals surface area contributed by atoms with E-state index in [2.05, 4.69) is 0 Å². The summed E-state index contributed by atoms with van der Waals surface area (Å²) in [5.41, 5.74) is 7.67. The maximum absolute atomic E-state index is 13.6. The molecule has 0 amide bonds. The Morgan fingerprint density at radius 1 is 1.16 bits per heavy atom. The van der Waals surface area contributed by atoms with E-state index in [0.717, 1.165) is 16.5 Å². The summed E-state index contributed by atoms with van der Waals surface area (Å²) in [5, 5.41) is 1.35. The Kier molecular flexibility index (Phi) is 3.01. The minimum atomic E-state index is -0.369. The van der Waals surface area contributed by atoms with Crippen molar-refractivity contribution >= 4 is 22.6 Å². The highest BCUT2D eigenvalue weighted by Crippen LogP contribution is 2.32. The van der Waals surface area contributed by atoms with Crippen molar-refractivity contribution in [3.05, 3.63) is 58.9 Å². The molecule has 0 atom stereocenters. The number of fused-ring (bicyclic) bond motifs is 1. The van der Waals surface area contributed by atoms with Crippen LogP contribution in [-0.2, 0) is 6.54 Å². The molecule has 2 aromatic carbocycles. The summed E-state index contributed by atoms with van der Waals surface area (Å²) in [5.74, 6) is 0.226. The predicted octanol–water partition coefficient (Wildman–Crippen LogP) is 4.35. The molecule has 0 spiro atoms. The predicted molar refractivity (Wildman–Crippen MR) is 74.5 cm³/mol. The van der Waals surface area contributed by atoms with Crippen LogP contribution < -0.4 is 5.73 Å². The molecule has 96 valence electrons. The highest BCUT2D eigenvalue weighted by Gasteiger charge is 2.12. The van der Waals surface area contributed by atoms with Gasteiger partial charge in [0.05, 0.1) is 0 Å². The molecule has 2 N–H and O–H groups in total. The maximum Gasteiger partial charge on any atom is 0.170 e. The summed E-state index contributed by atoms with van der Waals surface area (Å²) in [6, 6.07) is 12.0. The average Bonchev–Trinajstić information content (AvgIpc) is 2.83. The van der Waals surface area contributed by atoms with Crippen LogP contribution in [0, 0.1) is 5.82 Å². The first-order valence-corrected chi connectivity index (χ1v) is 6.24. The summed E-state index contributed by atoms with van der Waals surface area (Å²) >= 11 is 5.94. The van der Waals surface area contributed by atoms with E-state index < -0.39 is 0 Å². The summed E-state index contributed by atoms with van der Waals surface area (Å²) in [6.07, 6.45) is 0. The Morgan fingerprint density at radius 2 is 2.00 bits per heavy atom. The van der Waals surface area contributed by atoms with E-state index in [1.165, 1.54) is 6.07 Å². The minimum absolute atomic E-state index is 0.260. The molecule has 0 saturated carbocycles. The van der Waals surface area contributed by atoms with Gasteiger partial charge < -0.3 is 10.2 Å². The Labute approximate surface area is 114 Å². The molecule has 0 radical (unpaired) electrons. The van der Waals surface area contributed by atoms with E-state index in [1.54, 1.807) is 24.3 Å². The minimum Gasteiger partial charge on any atom is -0.453 e. The van der Waals surface area contributed by atoms with E-state index in [1.807, 2.05) is 12.1 Å². The molecule has 0 unspecified atom stereocenters. The van der Waals surface area contributed by atoms with E-state index in [4.69, 9.17) is 21.8 Å². The van der Waals surface area contributed by atoms with Gasteiger partial charge in [-0.05, 0) is 35.9 Å². The van der Waals surface area contributed by atoms with Gasteiger partial charge in [0.25, 0.3) is 0 Å². The van der Waals surface area contributed by atoms with Crippen LogP contribution in [-0.4, -0.2) is 0 Å². The third-order valence-corrected chi connectivity index (χ3v) is 3.28. The number of nitrogens with two attached hydrogens (primary N) is 1. The van der Waals surface area contributed by atoms with E-state index >= 15 is 0 Å². The van der Waals surface area contributed by atoms with Gasteiger partial charge in [0.2, 0.25) is 0 Å². The second-order valence-electron chi connectivity index (χ2n) is 4.27. The van der Waals surface area contributed by atoms with Gasteiger partial charge in [-0.15, -0.1) is 0 Å². The number of benzene rings is 2. The third-order valence-electron chi connectivity index (χ3n) is 3.05. The number of hydrogen-bond acceptors (Lipinski definition) is 2. The first-order chi connectivity index (χ1) is 9.19. The first-order valence-electron chi connectivity index (χ1n) is 5.86. The SMILES string of the molecule is NCc1cc(Cl)ccc1-c1cc2cccc(F)c2o1. The van der Waals surface area contributed by atoms with Crippen molar-refractivity contribution in [3.63, 3.8) is 0 Å². The van der Waals surface area contributed by atoms with Gasteiger partial charge in [-0.3, -0.25) is 0 Å². The Hall–Kier alpha value is -1.84. The smallest absolute Gasteiger partial charge is 0.170 e. The molecule has 0 aliphatic heterocycles. The second-order valence-corrected chi connectivity index (χ2v) is 4.71. The molecule has 19 heavy (non-hydrogen) atoms. The van der Waals surface area contributed by atoms with Crippen molar-refractivity contribution in [2.45, 2.75) is 6.54 Å². The molecule has 2 nitrogen and oxygen atoms in total. The molecule has 1 aromatic heterocycles. The molecule has 0 bridgehead atoms. The lowest BCUT2D eigenvalue weighted by Gasteiger charge is -2.05. The number of hydrogen-bond donors (Lipinski definition) is 1. The monoisotopic (exact) mass is 275 g/mol. The van der Waals surface area contributed by atoms with Crippen molar-refractivity contribution in [3.8, 4) is 11.3 Å². The van der Waals surface area contributed by atoms with E-state index in [9.17, 15) is 4.39 Å². The van der Waals surface area contributed by atoms with Crippen LogP contribution in [0.25, 0.3) is 22.3 Å². The molecule has 4 heteroatoms. The fourth-order valence-electron chi connectivity index (χ4n) is 2.13. The summed E-state index contributed by atoms with van der Waals surface area (Å²) in [4.78, 5) is 0. The van der Waals surface area contributed by atoms with Crippen LogP contribution in [0.4, 0.5) is 4.39 Å². The standard InChI is InChI=1S/C15H11ClFNO/c16-11-4-5-12(10(6-11)8-18)14-7-9-2-1-3-13(17)15(9)19-14/h1-7H,8,18H2. The molecule has 3 aromatic rings. The van der Waals surface area contributed by atoms with Gasteiger partial charge in [-0.2, -0.15) is 0 Å². The number of furan rings is 1. The lowest BCUT2D eigenvalue weighted by molar-refractivity contribution is 0.568. The van der Waals surface area contributed by atoms with Crippen molar-refractivity contribution < 1.29 is 8.81 Å². The van der Waals surface area contributed by atoms with Crippen molar-refractivity contribution in [2.75, 3.05) is 0 Å². The number of para-hydroxylation sites is 1. The van der Waals surface area contributed by atoms with Crippen LogP contribution in [0.3, 0.4) is 0 Å².